The van der Waals surface area contributed by atoms with Gasteiger partial charge in [-0.3, -0.25) is 9.59 Å². The van der Waals surface area contributed by atoms with Crippen LogP contribution in [-0.4, -0.2) is 51.8 Å². The molecule has 98 valence electrons. The molecule has 1 rings (SSSR count). The summed E-state index contributed by atoms with van der Waals surface area (Å²) < 4.78 is 10.1. The van der Waals surface area contributed by atoms with Crippen molar-refractivity contribution < 1.29 is 19.1 Å². The van der Waals surface area contributed by atoms with Gasteiger partial charge in [-0.15, -0.1) is 0 Å². The minimum Gasteiger partial charge on any atom is -0.382 e. The SMILES string of the molecule is COCC(CNC(=O)C1CCC(=O)NC1)OC. The van der Waals surface area contributed by atoms with E-state index in [1.54, 1.807) is 14.2 Å². The van der Waals surface area contributed by atoms with Crippen LogP contribution in [0.2, 0.25) is 0 Å². The number of methoxy groups -OCH3 is 2. The second-order valence-electron chi connectivity index (χ2n) is 4.10. The van der Waals surface area contributed by atoms with Crippen molar-refractivity contribution in [2.24, 2.45) is 5.92 Å². The maximum absolute atomic E-state index is 11.8. The van der Waals surface area contributed by atoms with Gasteiger partial charge in [-0.2, -0.15) is 0 Å². The van der Waals surface area contributed by atoms with Crippen molar-refractivity contribution in [3.8, 4) is 0 Å². The summed E-state index contributed by atoms with van der Waals surface area (Å²) in [5, 5.41) is 5.49. The Morgan fingerprint density at radius 2 is 2.35 bits per heavy atom. The Hall–Kier alpha value is -1.14. The Labute approximate surface area is 101 Å². The first-order valence-corrected chi connectivity index (χ1v) is 5.73. The normalized spacial score (nSPS) is 21.8. The standard InChI is InChI=1S/C11H20N2O4/c1-16-7-9(17-2)6-13-11(15)8-3-4-10(14)12-5-8/h8-9H,3-7H2,1-2H3,(H,12,14)(H,13,15). The molecule has 2 N–H and O–H groups in total. The largest absolute Gasteiger partial charge is 0.382 e. The third-order valence-corrected chi connectivity index (χ3v) is 2.83. The number of carbonyl (C=O) groups excluding carboxylic acids is 2. The minimum absolute atomic E-state index is 0.0169. The van der Waals surface area contributed by atoms with Crippen molar-refractivity contribution in [3.63, 3.8) is 0 Å². The molecule has 1 saturated heterocycles. The number of hydrogen-bond acceptors (Lipinski definition) is 4. The molecule has 0 radical (unpaired) electrons. The van der Waals surface area contributed by atoms with E-state index in [9.17, 15) is 9.59 Å². The van der Waals surface area contributed by atoms with Gasteiger partial charge >= 0.3 is 0 Å². The summed E-state index contributed by atoms with van der Waals surface area (Å²) in [4.78, 5) is 22.7. The summed E-state index contributed by atoms with van der Waals surface area (Å²) in [5.41, 5.74) is 0. The molecular weight excluding hydrogens is 224 g/mol. The summed E-state index contributed by atoms with van der Waals surface area (Å²) >= 11 is 0. The molecule has 0 aromatic rings. The van der Waals surface area contributed by atoms with Gasteiger partial charge in [0.25, 0.3) is 0 Å². The third-order valence-electron chi connectivity index (χ3n) is 2.83. The highest BCUT2D eigenvalue weighted by Crippen LogP contribution is 2.10. The highest BCUT2D eigenvalue weighted by atomic mass is 16.5. The van der Waals surface area contributed by atoms with E-state index in [-0.39, 0.29) is 23.8 Å². The van der Waals surface area contributed by atoms with Crippen LogP contribution in [0.4, 0.5) is 0 Å². The summed E-state index contributed by atoms with van der Waals surface area (Å²) in [6.07, 6.45) is 0.894. The van der Waals surface area contributed by atoms with Crippen LogP contribution in [-0.2, 0) is 19.1 Å². The number of ether oxygens (including phenoxy) is 2. The molecule has 2 unspecified atom stereocenters. The first-order chi connectivity index (χ1) is 8.17. The van der Waals surface area contributed by atoms with Crippen LogP contribution >= 0.6 is 0 Å². The van der Waals surface area contributed by atoms with Crippen molar-refractivity contribution in [3.05, 3.63) is 0 Å². The quantitative estimate of drug-likeness (QED) is 0.647. The van der Waals surface area contributed by atoms with Crippen LogP contribution in [0.15, 0.2) is 0 Å². The number of nitrogens with one attached hydrogen (secondary N) is 2. The summed E-state index contributed by atoms with van der Waals surface area (Å²) in [5.74, 6) is -0.154. The van der Waals surface area contributed by atoms with Crippen LogP contribution in [0.1, 0.15) is 12.8 Å². The minimum atomic E-state index is -0.137. The average Bonchev–Trinajstić information content (AvgIpc) is 2.35. The molecule has 6 heteroatoms. The second-order valence-corrected chi connectivity index (χ2v) is 4.10. The van der Waals surface area contributed by atoms with E-state index in [1.165, 1.54) is 0 Å². The fourth-order valence-electron chi connectivity index (χ4n) is 1.71. The predicted molar refractivity (Wildman–Crippen MR) is 61.4 cm³/mol. The molecule has 1 heterocycles. The average molecular weight is 244 g/mol. The second kappa shape index (κ2) is 7.24. The van der Waals surface area contributed by atoms with Gasteiger partial charge in [0, 0.05) is 33.7 Å². The van der Waals surface area contributed by atoms with Gasteiger partial charge in [-0.25, -0.2) is 0 Å². The topological polar surface area (TPSA) is 76.7 Å². The Kier molecular flexibility index (Phi) is 5.93. The maximum Gasteiger partial charge on any atom is 0.224 e. The van der Waals surface area contributed by atoms with E-state index in [0.717, 1.165) is 0 Å². The monoisotopic (exact) mass is 244 g/mol. The molecule has 0 aromatic carbocycles. The fourth-order valence-corrected chi connectivity index (χ4v) is 1.71. The van der Waals surface area contributed by atoms with Gasteiger partial charge in [0.05, 0.1) is 18.6 Å². The zero-order valence-electron chi connectivity index (χ0n) is 10.3. The van der Waals surface area contributed by atoms with Gasteiger partial charge in [-0.1, -0.05) is 0 Å². The molecule has 1 aliphatic heterocycles. The van der Waals surface area contributed by atoms with Gasteiger partial charge < -0.3 is 20.1 Å². The molecule has 0 aromatic heterocycles. The number of hydrogen-bond donors (Lipinski definition) is 2. The van der Waals surface area contributed by atoms with Gasteiger partial charge in [-0.05, 0) is 6.42 Å². The first-order valence-electron chi connectivity index (χ1n) is 5.73. The summed E-state index contributed by atoms with van der Waals surface area (Å²) in [6.45, 7) is 1.29. The first kappa shape index (κ1) is 13.9. The smallest absolute Gasteiger partial charge is 0.224 e. The Bertz CT molecular complexity index is 260. The zero-order chi connectivity index (χ0) is 12.7. The van der Waals surface area contributed by atoms with Gasteiger partial charge in [0.1, 0.15) is 0 Å². The lowest BCUT2D eigenvalue weighted by Gasteiger charge is -2.23. The molecule has 6 nitrogen and oxygen atoms in total. The predicted octanol–water partition coefficient (Wildman–Crippen LogP) is -0.710. The van der Waals surface area contributed by atoms with E-state index < -0.39 is 0 Å². The van der Waals surface area contributed by atoms with Crippen LogP contribution in [0.3, 0.4) is 0 Å². The highest BCUT2D eigenvalue weighted by Gasteiger charge is 2.24. The van der Waals surface area contributed by atoms with Crippen LogP contribution in [0.25, 0.3) is 0 Å². The molecule has 0 bridgehead atoms. The molecule has 1 fully saturated rings. The number of amides is 2. The Balaban J connectivity index is 2.26. The van der Waals surface area contributed by atoms with Gasteiger partial charge in [0.2, 0.25) is 11.8 Å². The number of piperidine rings is 1. The van der Waals surface area contributed by atoms with Crippen LogP contribution in [0.5, 0.6) is 0 Å². The summed E-state index contributed by atoms with van der Waals surface area (Å²) in [6, 6.07) is 0. The van der Waals surface area contributed by atoms with E-state index in [1.807, 2.05) is 0 Å². The lowest BCUT2D eigenvalue weighted by molar-refractivity contribution is -0.129. The molecule has 1 aliphatic rings. The molecule has 0 aliphatic carbocycles. The molecule has 2 amide bonds. The molecular formula is C11H20N2O4. The Morgan fingerprint density at radius 3 is 2.88 bits per heavy atom. The maximum atomic E-state index is 11.8. The molecule has 0 saturated carbocycles. The fraction of sp³-hybridized carbons (Fsp3) is 0.818. The number of rotatable bonds is 6. The van der Waals surface area contributed by atoms with Crippen molar-refractivity contribution >= 4 is 11.8 Å². The molecule has 0 spiro atoms. The van der Waals surface area contributed by atoms with Crippen molar-refractivity contribution in [2.45, 2.75) is 18.9 Å². The van der Waals surface area contributed by atoms with E-state index in [2.05, 4.69) is 10.6 Å². The lowest BCUT2D eigenvalue weighted by Crippen LogP contribution is -2.45. The van der Waals surface area contributed by atoms with E-state index >= 15 is 0 Å². The van der Waals surface area contributed by atoms with Crippen LogP contribution < -0.4 is 10.6 Å². The van der Waals surface area contributed by atoms with Crippen molar-refractivity contribution in [2.75, 3.05) is 33.9 Å². The van der Waals surface area contributed by atoms with Gasteiger partial charge in [0.15, 0.2) is 0 Å². The lowest BCUT2D eigenvalue weighted by atomic mass is 9.98. The summed E-state index contributed by atoms with van der Waals surface area (Å²) in [7, 11) is 3.17. The highest BCUT2D eigenvalue weighted by molar-refractivity contribution is 5.83. The van der Waals surface area contributed by atoms with E-state index in [4.69, 9.17) is 9.47 Å². The number of carbonyl (C=O) groups is 2. The molecule has 2 atom stereocenters. The van der Waals surface area contributed by atoms with Crippen LogP contribution in [0, 0.1) is 5.92 Å². The molecule has 17 heavy (non-hydrogen) atoms. The zero-order valence-corrected chi connectivity index (χ0v) is 10.3. The van der Waals surface area contributed by atoms with E-state index in [0.29, 0.717) is 32.5 Å². The third kappa shape index (κ3) is 4.70. The van der Waals surface area contributed by atoms with Crippen molar-refractivity contribution in [1.82, 2.24) is 10.6 Å². The Morgan fingerprint density at radius 1 is 1.59 bits per heavy atom. The van der Waals surface area contributed by atoms with Crippen molar-refractivity contribution in [1.29, 1.82) is 0 Å².